The Labute approximate surface area is 218 Å². The largest absolute Gasteiger partial charge is 0.465 e. The molecule has 0 unspecified atom stereocenters. The number of rotatable bonds is 11. The molecule has 192 valence electrons. The molecule has 0 aliphatic carbocycles. The van der Waals surface area contributed by atoms with Gasteiger partial charge in [0.1, 0.15) is 5.00 Å². The molecule has 10 nitrogen and oxygen atoms in total. The Morgan fingerprint density at radius 3 is 2.36 bits per heavy atom. The second-order valence-corrected chi connectivity index (χ2v) is 9.69. The summed E-state index contributed by atoms with van der Waals surface area (Å²) in [5.74, 6) is -0.937. The standard InChI is InChI=1S/C24H30N6O4S2/c1-6-29(7-2)16-11-9-15(10-12-16)21-27-28-24(30(21)8-3)35-13-17(31)26-22-18(23(33)34-5)14(4)19(36-22)20(25)32/h9-12H,6-8,13H2,1-5H3,(H2,25,32)(H,26,31). The normalized spacial score (nSPS) is 10.8. The van der Waals surface area contributed by atoms with Crippen LogP contribution in [0, 0.1) is 6.92 Å². The number of carbonyl (C=O) groups excluding carboxylic acids is 3. The van der Waals surface area contributed by atoms with Crippen molar-refractivity contribution in [2.45, 2.75) is 39.4 Å². The average Bonchev–Trinajstić information content (AvgIpc) is 3.43. The maximum absolute atomic E-state index is 12.7. The molecule has 3 N–H and O–H groups in total. The lowest BCUT2D eigenvalue weighted by Gasteiger charge is -2.21. The number of ether oxygens (including phenoxy) is 1. The van der Waals surface area contributed by atoms with E-state index in [1.165, 1.54) is 18.9 Å². The first-order chi connectivity index (χ1) is 17.2. The van der Waals surface area contributed by atoms with Gasteiger partial charge in [-0.05, 0) is 57.5 Å². The highest BCUT2D eigenvalue weighted by Crippen LogP contribution is 2.34. The van der Waals surface area contributed by atoms with E-state index in [0.717, 1.165) is 41.5 Å². The number of nitrogens with two attached hydrogens (primary N) is 1. The third kappa shape index (κ3) is 5.71. The number of benzene rings is 1. The number of hydrogen-bond donors (Lipinski definition) is 2. The lowest BCUT2D eigenvalue weighted by atomic mass is 10.1. The van der Waals surface area contributed by atoms with Crippen LogP contribution in [0.5, 0.6) is 0 Å². The van der Waals surface area contributed by atoms with Gasteiger partial charge in [0.25, 0.3) is 5.91 Å². The Hall–Kier alpha value is -3.38. The summed E-state index contributed by atoms with van der Waals surface area (Å²) in [6.45, 7) is 10.3. The highest BCUT2D eigenvalue weighted by Gasteiger charge is 2.25. The zero-order valence-corrected chi connectivity index (χ0v) is 22.6. The van der Waals surface area contributed by atoms with E-state index in [-0.39, 0.29) is 27.1 Å². The molecule has 0 spiro atoms. The lowest BCUT2D eigenvalue weighted by molar-refractivity contribution is -0.113. The fourth-order valence-electron chi connectivity index (χ4n) is 3.78. The van der Waals surface area contributed by atoms with Crippen molar-refractivity contribution in [1.82, 2.24) is 14.8 Å². The maximum atomic E-state index is 12.7. The fraction of sp³-hybridized carbons (Fsp3) is 0.375. The van der Waals surface area contributed by atoms with Crippen molar-refractivity contribution in [2.75, 3.05) is 36.2 Å². The van der Waals surface area contributed by atoms with Gasteiger partial charge in [0, 0.05) is 30.9 Å². The minimum atomic E-state index is -0.675. The van der Waals surface area contributed by atoms with Gasteiger partial charge in [-0.1, -0.05) is 11.8 Å². The number of thioether (sulfide) groups is 1. The summed E-state index contributed by atoms with van der Waals surface area (Å²) in [4.78, 5) is 39.1. The first-order valence-corrected chi connectivity index (χ1v) is 13.3. The summed E-state index contributed by atoms with van der Waals surface area (Å²) in [6, 6.07) is 8.18. The summed E-state index contributed by atoms with van der Waals surface area (Å²) in [5.41, 5.74) is 7.99. The van der Waals surface area contributed by atoms with Crippen LogP contribution in [-0.2, 0) is 16.1 Å². The molecule has 0 saturated carbocycles. The van der Waals surface area contributed by atoms with Crippen LogP contribution in [0.3, 0.4) is 0 Å². The van der Waals surface area contributed by atoms with Crippen molar-refractivity contribution in [1.29, 1.82) is 0 Å². The molecule has 2 aromatic heterocycles. The van der Waals surface area contributed by atoms with Gasteiger partial charge in [0.05, 0.1) is 23.3 Å². The van der Waals surface area contributed by atoms with Crippen molar-refractivity contribution >= 4 is 51.6 Å². The molecule has 0 atom stereocenters. The second kappa shape index (κ2) is 12.0. The van der Waals surface area contributed by atoms with Gasteiger partial charge < -0.3 is 25.3 Å². The molecule has 0 radical (unpaired) electrons. The number of nitrogens with zero attached hydrogens (tertiary/aromatic N) is 4. The summed E-state index contributed by atoms with van der Waals surface area (Å²) >= 11 is 2.18. The molecule has 12 heteroatoms. The van der Waals surface area contributed by atoms with Crippen LogP contribution in [0.15, 0.2) is 29.4 Å². The van der Waals surface area contributed by atoms with Crippen LogP contribution >= 0.6 is 23.1 Å². The molecule has 3 rings (SSSR count). The Kier molecular flexibility index (Phi) is 9.10. The van der Waals surface area contributed by atoms with Crippen LogP contribution in [0.1, 0.15) is 46.4 Å². The number of amides is 2. The van der Waals surface area contributed by atoms with Crippen molar-refractivity contribution in [3.8, 4) is 11.4 Å². The smallest absolute Gasteiger partial charge is 0.341 e. The number of nitrogens with one attached hydrogen (secondary N) is 1. The van der Waals surface area contributed by atoms with Gasteiger partial charge in [-0.25, -0.2) is 4.79 Å². The number of anilines is 2. The number of primary amides is 1. The van der Waals surface area contributed by atoms with E-state index < -0.39 is 11.9 Å². The van der Waals surface area contributed by atoms with Gasteiger partial charge in [-0.3, -0.25) is 9.59 Å². The van der Waals surface area contributed by atoms with Crippen molar-refractivity contribution < 1.29 is 19.1 Å². The quantitative estimate of drug-likeness (QED) is 0.283. The molecule has 3 aromatic rings. The number of esters is 1. The van der Waals surface area contributed by atoms with Crippen LogP contribution in [0.4, 0.5) is 10.7 Å². The van der Waals surface area contributed by atoms with E-state index in [4.69, 9.17) is 10.5 Å². The molecule has 0 saturated heterocycles. The van der Waals surface area contributed by atoms with Gasteiger partial charge in [-0.2, -0.15) is 0 Å². The van der Waals surface area contributed by atoms with Crippen molar-refractivity contribution in [3.05, 3.63) is 40.3 Å². The van der Waals surface area contributed by atoms with Crippen LogP contribution in [-0.4, -0.2) is 58.5 Å². The van der Waals surface area contributed by atoms with Crippen molar-refractivity contribution in [3.63, 3.8) is 0 Å². The zero-order chi connectivity index (χ0) is 26.4. The number of methoxy groups -OCH3 is 1. The number of thiophene rings is 1. The molecule has 0 bridgehead atoms. The van der Waals surface area contributed by atoms with E-state index in [1.54, 1.807) is 6.92 Å². The summed E-state index contributed by atoms with van der Waals surface area (Å²) in [6.07, 6.45) is 0. The molecule has 2 heterocycles. The molecule has 0 fully saturated rings. The highest BCUT2D eigenvalue weighted by molar-refractivity contribution is 7.99. The Balaban J connectivity index is 1.75. The summed E-state index contributed by atoms with van der Waals surface area (Å²) in [5, 5.41) is 12.2. The molecule has 36 heavy (non-hydrogen) atoms. The lowest BCUT2D eigenvalue weighted by Crippen LogP contribution is -2.21. The monoisotopic (exact) mass is 530 g/mol. The third-order valence-electron chi connectivity index (χ3n) is 5.63. The highest BCUT2D eigenvalue weighted by atomic mass is 32.2. The topological polar surface area (TPSA) is 132 Å². The van der Waals surface area contributed by atoms with Gasteiger partial charge in [-0.15, -0.1) is 21.5 Å². The first-order valence-electron chi connectivity index (χ1n) is 11.5. The third-order valence-corrected chi connectivity index (χ3v) is 7.82. The van der Waals surface area contributed by atoms with Gasteiger partial charge >= 0.3 is 5.97 Å². The van der Waals surface area contributed by atoms with E-state index in [2.05, 4.69) is 46.4 Å². The van der Waals surface area contributed by atoms with Crippen LogP contribution in [0.2, 0.25) is 0 Å². The Morgan fingerprint density at radius 2 is 1.81 bits per heavy atom. The predicted molar refractivity (Wildman–Crippen MR) is 143 cm³/mol. The van der Waals surface area contributed by atoms with Crippen molar-refractivity contribution in [2.24, 2.45) is 5.73 Å². The number of hydrogen-bond acceptors (Lipinski definition) is 9. The predicted octanol–water partition coefficient (Wildman–Crippen LogP) is 3.80. The average molecular weight is 531 g/mol. The molecular weight excluding hydrogens is 500 g/mol. The maximum Gasteiger partial charge on any atom is 0.341 e. The molecule has 1 aromatic carbocycles. The molecule has 2 amide bonds. The van der Waals surface area contributed by atoms with E-state index in [0.29, 0.717) is 17.3 Å². The molecular formula is C24H30N6O4S2. The molecule has 0 aliphatic heterocycles. The Morgan fingerprint density at radius 1 is 1.14 bits per heavy atom. The molecule has 0 aliphatic rings. The Bertz CT molecular complexity index is 1250. The fourth-order valence-corrected chi connectivity index (χ4v) is 5.65. The minimum Gasteiger partial charge on any atom is -0.465 e. The van der Waals surface area contributed by atoms with E-state index >= 15 is 0 Å². The number of aromatic nitrogens is 3. The van der Waals surface area contributed by atoms with Gasteiger partial charge in [0.2, 0.25) is 5.91 Å². The van der Waals surface area contributed by atoms with E-state index in [1.807, 2.05) is 23.6 Å². The van der Waals surface area contributed by atoms with Crippen LogP contribution < -0.4 is 16.0 Å². The number of carbonyl (C=O) groups is 3. The van der Waals surface area contributed by atoms with Crippen LogP contribution in [0.25, 0.3) is 11.4 Å². The minimum absolute atomic E-state index is 0.0303. The SMILES string of the molecule is CCN(CC)c1ccc(-c2nnc(SCC(=O)Nc3sc(C(N)=O)c(C)c3C(=O)OC)n2CC)cc1. The van der Waals surface area contributed by atoms with Gasteiger partial charge in [0.15, 0.2) is 11.0 Å². The summed E-state index contributed by atoms with van der Waals surface area (Å²) < 4.78 is 6.75. The summed E-state index contributed by atoms with van der Waals surface area (Å²) in [7, 11) is 1.23. The zero-order valence-electron chi connectivity index (χ0n) is 21.0. The second-order valence-electron chi connectivity index (χ2n) is 7.72. The van der Waals surface area contributed by atoms with E-state index in [9.17, 15) is 14.4 Å². The first kappa shape index (κ1) is 27.2.